The van der Waals surface area contributed by atoms with E-state index in [0.717, 1.165) is 31.6 Å². The summed E-state index contributed by atoms with van der Waals surface area (Å²) in [5, 5.41) is 6.57. The summed E-state index contributed by atoms with van der Waals surface area (Å²) in [6.07, 6.45) is 1.56. The lowest BCUT2D eigenvalue weighted by molar-refractivity contribution is -0.117. The minimum Gasteiger partial charge on any atom is -0.349 e. The fourth-order valence-electron chi connectivity index (χ4n) is 4.74. The Bertz CT molecular complexity index is 1470. The summed E-state index contributed by atoms with van der Waals surface area (Å²) in [6, 6.07) is 23.7. The second-order valence-corrected chi connectivity index (χ2v) is 9.30. The second-order valence-electron chi connectivity index (χ2n) is 9.30. The summed E-state index contributed by atoms with van der Waals surface area (Å²) in [5.74, 6) is 0.405. The van der Waals surface area contributed by atoms with Crippen molar-refractivity contribution in [2.24, 2.45) is 0 Å². The minimum atomic E-state index is -0.146. The van der Waals surface area contributed by atoms with Crippen molar-refractivity contribution in [3.63, 3.8) is 0 Å². The average Bonchev–Trinajstić information content (AvgIpc) is 2.91. The maximum atomic E-state index is 13.0. The van der Waals surface area contributed by atoms with Gasteiger partial charge in [-0.25, -0.2) is 4.98 Å². The van der Waals surface area contributed by atoms with Gasteiger partial charge >= 0.3 is 0 Å². The van der Waals surface area contributed by atoms with Crippen LogP contribution in [0, 0.1) is 6.92 Å². The number of anilines is 1. The number of likely N-dealkylation sites (tertiary alicyclic amines) is 1. The molecule has 0 aliphatic carbocycles. The van der Waals surface area contributed by atoms with Gasteiger partial charge in [0.05, 0.1) is 23.1 Å². The number of fused-ring (bicyclic) bond motifs is 1. The van der Waals surface area contributed by atoms with Gasteiger partial charge in [-0.1, -0.05) is 30.3 Å². The number of benzene rings is 3. The molecule has 1 aliphatic heterocycles. The van der Waals surface area contributed by atoms with Gasteiger partial charge in [0.1, 0.15) is 5.82 Å². The molecular weight excluding hydrogens is 466 g/mol. The van der Waals surface area contributed by atoms with Crippen LogP contribution >= 0.6 is 0 Å². The molecule has 0 bridgehead atoms. The van der Waals surface area contributed by atoms with Crippen LogP contribution in [-0.2, 0) is 4.79 Å². The Kier molecular flexibility index (Phi) is 7.09. The topological polar surface area (TPSA) is 96.3 Å². The zero-order valence-electron chi connectivity index (χ0n) is 20.7. The number of rotatable bonds is 6. The molecule has 0 unspecified atom stereocenters. The van der Waals surface area contributed by atoms with Crippen LogP contribution in [0.1, 0.15) is 29.0 Å². The molecule has 0 spiro atoms. The Morgan fingerprint density at radius 3 is 2.32 bits per heavy atom. The standard InChI is InChI=1S/C29H29N5O3/c1-20-30-26-10-6-5-9-25(26)29(37)34(20)24-13-11-21(12-14-24)28(36)32-23-15-17-33(18-16-23)19-27(35)31-22-7-3-2-4-8-22/h2-14,23H,15-19H2,1H3,(H,31,35)(H,32,36). The van der Waals surface area contributed by atoms with E-state index in [4.69, 9.17) is 0 Å². The Balaban J connectivity index is 1.16. The third-order valence-corrected chi connectivity index (χ3v) is 6.68. The van der Waals surface area contributed by atoms with Gasteiger partial charge in [0.15, 0.2) is 0 Å². The van der Waals surface area contributed by atoms with Gasteiger partial charge in [-0.05, 0) is 68.3 Å². The van der Waals surface area contributed by atoms with Crippen LogP contribution in [0.5, 0.6) is 0 Å². The molecule has 1 aromatic heterocycles. The lowest BCUT2D eigenvalue weighted by atomic mass is 10.0. The highest BCUT2D eigenvalue weighted by atomic mass is 16.2. The van der Waals surface area contributed by atoms with Crippen molar-refractivity contribution in [2.45, 2.75) is 25.8 Å². The molecule has 1 saturated heterocycles. The number of para-hydroxylation sites is 2. The molecule has 0 saturated carbocycles. The normalized spacial score (nSPS) is 14.4. The zero-order valence-corrected chi connectivity index (χ0v) is 20.7. The first kappa shape index (κ1) is 24.4. The highest BCUT2D eigenvalue weighted by Gasteiger charge is 2.22. The molecule has 1 fully saturated rings. The fraction of sp³-hybridized carbons (Fsp3) is 0.241. The Morgan fingerprint density at radius 2 is 1.59 bits per heavy atom. The third kappa shape index (κ3) is 5.59. The van der Waals surface area contributed by atoms with Crippen molar-refractivity contribution in [3.05, 3.63) is 101 Å². The van der Waals surface area contributed by atoms with Crippen LogP contribution in [0.2, 0.25) is 0 Å². The van der Waals surface area contributed by atoms with E-state index in [9.17, 15) is 14.4 Å². The molecule has 1 aliphatic rings. The van der Waals surface area contributed by atoms with Crippen molar-refractivity contribution in [1.82, 2.24) is 19.8 Å². The molecule has 3 aromatic carbocycles. The lowest BCUT2D eigenvalue weighted by Crippen LogP contribution is -2.46. The molecule has 37 heavy (non-hydrogen) atoms. The summed E-state index contributed by atoms with van der Waals surface area (Å²) in [6.45, 7) is 3.61. The maximum Gasteiger partial charge on any atom is 0.265 e. The summed E-state index contributed by atoms with van der Waals surface area (Å²) in [4.78, 5) is 44.9. The van der Waals surface area contributed by atoms with E-state index in [-0.39, 0.29) is 23.4 Å². The maximum absolute atomic E-state index is 13.0. The van der Waals surface area contributed by atoms with E-state index in [1.807, 2.05) is 48.5 Å². The molecule has 188 valence electrons. The number of aromatic nitrogens is 2. The van der Waals surface area contributed by atoms with E-state index in [1.54, 1.807) is 41.8 Å². The summed E-state index contributed by atoms with van der Waals surface area (Å²) in [5.41, 5.74) is 2.52. The number of nitrogens with one attached hydrogen (secondary N) is 2. The SMILES string of the molecule is Cc1nc2ccccc2c(=O)n1-c1ccc(C(=O)NC2CCN(CC(=O)Nc3ccccc3)CC2)cc1. The molecular formula is C29H29N5O3. The van der Waals surface area contributed by atoms with Gasteiger partial charge in [-0.2, -0.15) is 0 Å². The Hall–Kier alpha value is -4.30. The van der Waals surface area contributed by atoms with Crippen LogP contribution in [-0.4, -0.2) is 51.9 Å². The smallest absolute Gasteiger partial charge is 0.265 e. The first-order chi connectivity index (χ1) is 18.0. The van der Waals surface area contributed by atoms with Gasteiger partial charge in [0, 0.05) is 30.4 Å². The predicted octanol–water partition coefficient (Wildman–Crippen LogP) is 3.53. The van der Waals surface area contributed by atoms with Crippen LogP contribution in [0.15, 0.2) is 83.7 Å². The fourth-order valence-corrected chi connectivity index (χ4v) is 4.74. The van der Waals surface area contributed by atoms with Crippen LogP contribution < -0.4 is 16.2 Å². The molecule has 5 rings (SSSR count). The molecule has 2 N–H and O–H groups in total. The molecule has 8 nitrogen and oxygen atoms in total. The number of carbonyl (C=O) groups excluding carboxylic acids is 2. The summed E-state index contributed by atoms with van der Waals surface area (Å²) in [7, 11) is 0. The van der Waals surface area contributed by atoms with Crippen LogP contribution in [0.4, 0.5) is 5.69 Å². The van der Waals surface area contributed by atoms with Gasteiger partial charge in [0.2, 0.25) is 5.91 Å². The molecule has 4 aromatic rings. The highest BCUT2D eigenvalue weighted by molar-refractivity contribution is 5.94. The third-order valence-electron chi connectivity index (χ3n) is 6.68. The number of amides is 2. The predicted molar refractivity (Wildman–Crippen MR) is 144 cm³/mol. The summed E-state index contributed by atoms with van der Waals surface area (Å²) < 4.78 is 1.56. The van der Waals surface area contributed by atoms with E-state index in [2.05, 4.69) is 20.5 Å². The first-order valence-electron chi connectivity index (χ1n) is 12.4. The monoisotopic (exact) mass is 495 g/mol. The van der Waals surface area contributed by atoms with Crippen molar-refractivity contribution >= 4 is 28.4 Å². The molecule has 2 amide bonds. The van der Waals surface area contributed by atoms with Crippen molar-refractivity contribution < 1.29 is 9.59 Å². The number of piperidine rings is 1. The highest BCUT2D eigenvalue weighted by Crippen LogP contribution is 2.15. The van der Waals surface area contributed by atoms with Gasteiger partial charge < -0.3 is 10.6 Å². The van der Waals surface area contributed by atoms with Crippen molar-refractivity contribution in [2.75, 3.05) is 25.0 Å². The van der Waals surface area contributed by atoms with E-state index >= 15 is 0 Å². The lowest BCUT2D eigenvalue weighted by Gasteiger charge is -2.31. The van der Waals surface area contributed by atoms with Gasteiger partial charge in [-0.15, -0.1) is 0 Å². The Morgan fingerprint density at radius 1 is 0.919 bits per heavy atom. The van der Waals surface area contributed by atoms with E-state index in [1.165, 1.54) is 0 Å². The Labute approximate surface area is 214 Å². The largest absolute Gasteiger partial charge is 0.349 e. The van der Waals surface area contributed by atoms with Crippen molar-refractivity contribution in [1.29, 1.82) is 0 Å². The van der Waals surface area contributed by atoms with Crippen molar-refractivity contribution in [3.8, 4) is 5.69 Å². The zero-order chi connectivity index (χ0) is 25.8. The summed E-state index contributed by atoms with van der Waals surface area (Å²) >= 11 is 0. The number of carbonyl (C=O) groups is 2. The molecule has 0 atom stereocenters. The number of nitrogens with zero attached hydrogens (tertiary/aromatic N) is 3. The first-order valence-corrected chi connectivity index (χ1v) is 12.4. The average molecular weight is 496 g/mol. The van der Waals surface area contributed by atoms with Crippen LogP contribution in [0.25, 0.3) is 16.6 Å². The molecule has 0 radical (unpaired) electrons. The van der Waals surface area contributed by atoms with E-state index < -0.39 is 0 Å². The minimum absolute atomic E-state index is 0.0373. The molecule has 8 heteroatoms. The second kappa shape index (κ2) is 10.8. The van der Waals surface area contributed by atoms with Gasteiger partial charge in [0.25, 0.3) is 11.5 Å². The number of aryl methyl sites for hydroxylation is 1. The number of hydrogen-bond donors (Lipinski definition) is 2. The van der Waals surface area contributed by atoms with Gasteiger partial charge in [-0.3, -0.25) is 23.9 Å². The number of hydrogen-bond acceptors (Lipinski definition) is 5. The van der Waals surface area contributed by atoms with E-state index in [0.29, 0.717) is 34.5 Å². The van der Waals surface area contributed by atoms with Crippen LogP contribution in [0.3, 0.4) is 0 Å². The molecule has 2 heterocycles. The quantitative estimate of drug-likeness (QED) is 0.427.